The van der Waals surface area contributed by atoms with Gasteiger partial charge in [-0.05, 0) is 25.5 Å². The predicted octanol–water partition coefficient (Wildman–Crippen LogP) is 2.20. The van der Waals surface area contributed by atoms with Crippen LogP contribution in [0, 0.1) is 0 Å². The molecule has 1 aliphatic heterocycles. The topological polar surface area (TPSA) is 76.1 Å². The molecule has 2 atom stereocenters. The predicted molar refractivity (Wildman–Crippen MR) is 84.7 cm³/mol. The molecule has 1 fully saturated rings. The molecular weight excluding hydrogens is 322 g/mol. The summed E-state index contributed by atoms with van der Waals surface area (Å²) in [5, 5.41) is 9.56. The third-order valence-electron chi connectivity index (χ3n) is 3.52. The molecule has 0 aromatic heterocycles. The van der Waals surface area contributed by atoms with Crippen molar-refractivity contribution in [1.29, 1.82) is 0 Å². The second-order valence-electron chi connectivity index (χ2n) is 5.45. The first-order valence-corrected chi connectivity index (χ1v) is 7.88. The van der Waals surface area contributed by atoms with E-state index in [0.717, 1.165) is 0 Å². The Morgan fingerprint density at radius 2 is 2.13 bits per heavy atom. The van der Waals surface area contributed by atoms with E-state index in [1.807, 2.05) is 12.1 Å². The van der Waals surface area contributed by atoms with Gasteiger partial charge in [0.05, 0.1) is 24.3 Å². The zero-order chi connectivity index (χ0) is 16.8. The van der Waals surface area contributed by atoms with Crippen LogP contribution in [0.4, 0.5) is 0 Å². The summed E-state index contributed by atoms with van der Waals surface area (Å²) in [6.07, 6.45) is -0.410. The number of para-hydroxylation sites is 1. The van der Waals surface area contributed by atoms with Crippen LogP contribution in [0.5, 0.6) is 5.75 Å². The number of nitrogens with zero attached hydrogens (tertiary/aromatic N) is 1. The summed E-state index contributed by atoms with van der Waals surface area (Å²) in [7, 11) is 0. The lowest BCUT2D eigenvalue weighted by Crippen LogP contribution is -2.51. The number of benzene rings is 1. The lowest BCUT2D eigenvalue weighted by Gasteiger charge is -2.35. The number of aliphatic carboxylic acids is 1. The van der Waals surface area contributed by atoms with E-state index < -0.39 is 12.1 Å². The Hall–Kier alpha value is -1.79. The van der Waals surface area contributed by atoms with Crippen LogP contribution in [0.25, 0.3) is 0 Å². The van der Waals surface area contributed by atoms with Gasteiger partial charge in [-0.2, -0.15) is 0 Å². The van der Waals surface area contributed by atoms with Gasteiger partial charge in [0.1, 0.15) is 5.75 Å². The molecule has 1 amide bonds. The molecule has 6 nitrogen and oxygen atoms in total. The molecule has 1 heterocycles. The van der Waals surface area contributed by atoms with E-state index in [4.69, 9.17) is 26.2 Å². The summed E-state index contributed by atoms with van der Waals surface area (Å²) in [6, 6.07) is 7.15. The molecule has 0 radical (unpaired) electrons. The van der Waals surface area contributed by atoms with Gasteiger partial charge < -0.3 is 19.5 Å². The number of amides is 1. The fourth-order valence-electron chi connectivity index (χ4n) is 2.42. The van der Waals surface area contributed by atoms with Gasteiger partial charge >= 0.3 is 5.97 Å². The molecule has 23 heavy (non-hydrogen) atoms. The van der Waals surface area contributed by atoms with Crippen molar-refractivity contribution in [3.63, 3.8) is 0 Å². The highest BCUT2D eigenvalue weighted by atomic mass is 35.5. The molecule has 0 bridgehead atoms. The van der Waals surface area contributed by atoms with E-state index in [0.29, 0.717) is 36.8 Å². The highest BCUT2D eigenvalue weighted by molar-refractivity contribution is 6.32. The number of carboxylic acids is 1. The van der Waals surface area contributed by atoms with Crippen LogP contribution in [-0.4, -0.2) is 53.8 Å². The molecule has 0 aliphatic carbocycles. The molecule has 7 heteroatoms. The van der Waals surface area contributed by atoms with Gasteiger partial charge in [0.15, 0.2) is 6.10 Å². The van der Waals surface area contributed by atoms with Crippen LogP contribution < -0.4 is 4.74 Å². The van der Waals surface area contributed by atoms with Crippen LogP contribution in [0.3, 0.4) is 0 Å². The Morgan fingerprint density at radius 1 is 1.39 bits per heavy atom. The SMILES string of the molecule is C[C@@H]1CN(C(=O)CCCOc2ccccc2Cl)CC(C(=O)O)O1. The Labute approximate surface area is 139 Å². The Bertz CT molecular complexity index is 565. The Morgan fingerprint density at radius 3 is 2.83 bits per heavy atom. The monoisotopic (exact) mass is 341 g/mol. The summed E-state index contributed by atoms with van der Waals surface area (Å²) >= 11 is 5.98. The van der Waals surface area contributed by atoms with Gasteiger partial charge in [0, 0.05) is 13.0 Å². The number of rotatable bonds is 6. The van der Waals surface area contributed by atoms with E-state index in [1.165, 1.54) is 0 Å². The standard InChI is InChI=1S/C16H20ClNO5/c1-11-9-18(10-14(23-11)16(20)21)15(19)7-4-8-22-13-6-3-2-5-12(13)17/h2-3,5-6,11,14H,4,7-10H2,1H3,(H,20,21)/t11-,14?/m1/s1. The van der Waals surface area contributed by atoms with Crippen molar-refractivity contribution in [3.8, 4) is 5.75 Å². The summed E-state index contributed by atoms with van der Waals surface area (Å²) in [5.41, 5.74) is 0. The fourth-order valence-corrected chi connectivity index (χ4v) is 2.61. The molecule has 2 rings (SSSR count). The molecule has 126 valence electrons. The highest BCUT2D eigenvalue weighted by Gasteiger charge is 2.32. The lowest BCUT2D eigenvalue weighted by atomic mass is 10.2. The Kier molecular flexibility index (Phi) is 6.24. The maximum absolute atomic E-state index is 12.2. The Balaban J connectivity index is 1.76. The number of carboxylic acid groups (broad SMARTS) is 1. The zero-order valence-electron chi connectivity index (χ0n) is 12.9. The van der Waals surface area contributed by atoms with Crippen LogP contribution >= 0.6 is 11.6 Å². The third kappa shape index (κ3) is 5.11. The van der Waals surface area contributed by atoms with Crippen molar-refractivity contribution in [2.24, 2.45) is 0 Å². The largest absolute Gasteiger partial charge is 0.492 e. The summed E-state index contributed by atoms with van der Waals surface area (Å²) in [5.74, 6) is -0.543. The fraction of sp³-hybridized carbons (Fsp3) is 0.500. The van der Waals surface area contributed by atoms with E-state index in [1.54, 1.807) is 24.0 Å². The average molecular weight is 342 g/mol. The zero-order valence-corrected chi connectivity index (χ0v) is 13.7. The van der Waals surface area contributed by atoms with Crippen molar-refractivity contribution in [2.75, 3.05) is 19.7 Å². The number of carbonyl (C=O) groups is 2. The highest BCUT2D eigenvalue weighted by Crippen LogP contribution is 2.23. The van der Waals surface area contributed by atoms with Crippen LogP contribution in [0.2, 0.25) is 5.02 Å². The summed E-state index contributed by atoms with van der Waals surface area (Å²) in [4.78, 5) is 24.8. The maximum Gasteiger partial charge on any atom is 0.334 e. The molecule has 1 aromatic rings. The second-order valence-corrected chi connectivity index (χ2v) is 5.86. The number of carbonyl (C=O) groups excluding carboxylic acids is 1. The van der Waals surface area contributed by atoms with Gasteiger partial charge in [-0.3, -0.25) is 4.79 Å². The summed E-state index contributed by atoms with van der Waals surface area (Å²) in [6.45, 7) is 2.63. The minimum Gasteiger partial charge on any atom is -0.492 e. The third-order valence-corrected chi connectivity index (χ3v) is 3.83. The van der Waals surface area contributed by atoms with Crippen LogP contribution in [0.1, 0.15) is 19.8 Å². The van der Waals surface area contributed by atoms with E-state index >= 15 is 0 Å². The first-order valence-electron chi connectivity index (χ1n) is 7.50. The number of morpholine rings is 1. The molecule has 0 saturated carbocycles. The van der Waals surface area contributed by atoms with Crippen molar-refractivity contribution in [1.82, 2.24) is 4.90 Å². The minimum atomic E-state index is -1.04. The minimum absolute atomic E-state index is 0.0872. The number of halogens is 1. The normalized spacial score (nSPS) is 21.0. The second kappa shape index (κ2) is 8.17. The van der Waals surface area contributed by atoms with Crippen molar-refractivity contribution < 1.29 is 24.2 Å². The van der Waals surface area contributed by atoms with Gasteiger partial charge in [-0.1, -0.05) is 23.7 Å². The smallest absolute Gasteiger partial charge is 0.334 e. The van der Waals surface area contributed by atoms with Crippen LogP contribution in [0.15, 0.2) is 24.3 Å². The quantitative estimate of drug-likeness (QED) is 0.803. The summed E-state index contributed by atoms with van der Waals surface area (Å²) < 4.78 is 10.8. The molecule has 0 spiro atoms. The van der Waals surface area contributed by atoms with Gasteiger partial charge in [0.25, 0.3) is 0 Å². The number of hydrogen-bond acceptors (Lipinski definition) is 4. The van der Waals surface area contributed by atoms with Crippen LogP contribution in [-0.2, 0) is 14.3 Å². The molecule has 1 saturated heterocycles. The first-order chi connectivity index (χ1) is 11.0. The van der Waals surface area contributed by atoms with Gasteiger partial charge in [0.2, 0.25) is 5.91 Å². The van der Waals surface area contributed by atoms with Crippen molar-refractivity contribution >= 4 is 23.5 Å². The number of ether oxygens (including phenoxy) is 2. The van der Waals surface area contributed by atoms with Gasteiger partial charge in [-0.25, -0.2) is 4.79 Å². The van der Waals surface area contributed by atoms with E-state index in [-0.39, 0.29) is 18.6 Å². The van der Waals surface area contributed by atoms with Crippen molar-refractivity contribution in [2.45, 2.75) is 32.0 Å². The van der Waals surface area contributed by atoms with E-state index in [9.17, 15) is 9.59 Å². The molecule has 1 unspecified atom stereocenters. The lowest BCUT2D eigenvalue weighted by molar-refractivity contribution is -0.166. The molecular formula is C16H20ClNO5. The van der Waals surface area contributed by atoms with E-state index in [2.05, 4.69) is 0 Å². The van der Waals surface area contributed by atoms with Gasteiger partial charge in [-0.15, -0.1) is 0 Å². The maximum atomic E-state index is 12.2. The average Bonchev–Trinajstić information content (AvgIpc) is 2.52. The van der Waals surface area contributed by atoms with Crippen molar-refractivity contribution in [3.05, 3.63) is 29.3 Å². The molecule has 1 N–H and O–H groups in total. The first kappa shape index (κ1) is 17.6. The number of hydrogen-bond donors (Lipinski definition) is 1. The molecule has 1 aromatic carbocycles. The molecule has 1 aliphatic rings.